The van der Waals surface area contributed by atoms with Crippen LogP contribution in [0.25, 0.3) is 32.4 Å². The van der Waals surface area contributed by atoms with Crippen LogP contribution in [0.5, 0.6) is 0 Å². The number of anilines is 3. The molecule has 1 fully saturated rings. The van der Waals surface area contributed by atoms with E-state index in [-0.39, 0.29) is 16.8 Å². The van der Waals surface area contributed by atoms with Gasteiger partial charge in [0.2, 0.25) is 5.91 Å². The van der Waals surface area contributed by atoms with E-state index in [4.69, 9.17) is 0 Å². The van der Waals surface area contributed by atoms with Crippen LogP contribution in [0.2, 0.25) is 0 Å². The molecule has 1 saturated heterocycles. The van der Waals surface area contributed by atoms with Gasteiger partial charge in [-0.05, 0) is 55.3 Å². The van der Waals surface area contributed by atoms with Crippen LogP contribution in [0.15, 0.2) is 66.1 Å². The number of pyridine rings is 1. The van der Waals surface area contributed by atoms with Gasteiger partial charge in [-0.25, -0.2) is 13.4 Å². The van der Waals surface area contributed by atoms with Crippen molar-refractivity contribution >= 4 is 64.8 Å². The summed E-state index contributed by atoms with van der Waals surface area (Å²) in [7, 11) is -3.47. The average molecular weight is 546 g/mol. The van der Waals surface area contributed by atoms with Crippen molar-refractivity contribution in [1.29, 1.82) is 0 Å². The van der Waals surface area contributed by atoms with E-state index in [1.54, 1.807) is 12.4 Å². The number of hydrogen-bond acceptors (Lipinski definition) is 10. The molecule has 2 aromatic carbocycles. The predicted molar refractivity (Wildman–Crippen MR) is 148 cm³/mol. The number of rotatable bonds is 6. The number of thiazole rings is 1. The average Bonchev–Trinajstić information content (AvgIpc) is 3.57. The minimum absolute atomic E-state index is 0.0642. The third-order valence-corrected chi connectivity index (χ3v) is 8.45. The molecule has 4 heterocycles. The fourth-order valence-electron chi connectivity index (χ4n) is 4.57. The Labute approximate surface area is 222 Å². The van der Waals surface area contributed by atoms with Gasteiger partial charge in [0.25, 0.3) is 0 Å². The van der Waals surface area contributed by atoms with Crippen LogP contribution in [-0.4, -0.2) is 53.1 Å². The Balaban J connectivity index is 1.38. The lowest BCUT2D eigenvalue weighted by Gasteiger charge is -2.13. The number of hydrogen-bond donors (Lipinski definition) is 3. The smallest absolute Gasteiger partial charge is 0.243 e. The lowest BCUT2D eigenvalue weighted by Crippen LogP contribution is -2.35. The first-order chi connectivity index (χ1) is 18.3. The maximum Gasteiger partial charge on any atom is 0.243 e. The molecule has 3 aromatic heterocycles. The highest BCUT2D eigenvalue weighted by Crippen LogP contribution is 2.35. The summed E-state index contributed by atoms with van der Waals surface area (Å²) in [5.41, 5.74) is 4.78. The number of nitrogens with zero attached hydrogens (tertiary/aromatic N) is 4. The second kappa shape index (κ2) is 9.71. The molecule has 5 aromatic rings. The highest BCUT2D eigenvalue weighted by Gasteiger charge is 2.23. The summed E-state index contributed by atoms with van der Waals surface area (Å²) >= 11 is 1.43. The van der Waals surface area contributed by atoms with Gasteiger partial charge in [-0.15, -0.1) is 0 Å². The standard InChI is InChI=1S/C26H23N7O3S2/c1-38(35,36)23-6-8-27-14-21(23)31-16-12-17(24-20(13-16)29-9-10-30-24)15-4-5-22-19(11-15)32-26(37-22)33-25(34)18-3-2-7-28-18/h4-6,8-14,18,28,31H,2-3,7H2,1H3,(H,32,33,34). The van der Waals surface area contributed by atoms with Crippen molar-refractivity contribution in [2.45, 2.75) is 23.8 Å². The molecule has 0 bridgehead atoms. The van der Waals surface area contributed by atoms with Gasteiger partial charge in [0.15, 0.2) is 15.0 Å². The second-order valence-corrected chi connectivity index (χ2v) is 12.1. The topological polar surface area (TPSA) is 139 Å². The van der Waals surface area contributed by atoms with Crippen LogP contribution in [0.1, 0.15) is 12.8 Å². The van der Waals surface area contributed by atoms with E-state index in [0.717, 1.165) is 47.0 Å². The van der Waals surface area contributed by atoms with Crippen molar-refractivity contribution < 1.29 is 13.2 Å². The fraction of sp³-hybridized carbons (Fsp3) is 0.192. The predicted octanol–water partition coefficient (Wildman–Crippen LogP) is 4.14. The Morgan fingerprint density at radius 1 is 1.08 bits per heavy atom. The number of carbonyl (C=O) groups is 1. The number of amides is 1. The Hall–Kier alpha value is -4.00. The molecule has 0 radical (unpaired) electrons. The summed E-state index contributed by atoms with van der Waals surface area (Å²) in [6.07, 6.45) is 9.15. The Morgan fingerprint density at radius 2 is 1.95 bits per heavy atom. The Kier molecular flexibility index (Phi) is 6.22. The number of benzene rings is 2. The molecule has 1 aliphatic rings. The SMILES string of the molecule is CS(=O)(=O)c1ccncc1Nc1cc(-c2ccc3sc(NC(=O)C4CCCN4)nc3c2)c2nccnc2c1. The van der Waals surface area contributed by atoms with Gasteiger partial charge in [0.05, 0.1) is 44.1 Å². The third-order valence-electron chi connectivity index (χ3n) is 6.34. The number of sulfone groups is 1. The van der Waals surface area contributed by atoms with E-state index >= 15 is 0 Å². The molecule has 1 atom stereocenters. The first-order valence-corrected chi connectivity index (χ1v) is 14.7. The molecule has 1 unspecified atom stereocenters. The fourth-order valence-corrected chi connectivity index (χ4v) is 6.23. The minimum atomic E-state index is -3.47. The normalized spacial score (nSPS) is 15.7. The van der Waals surface area contributed by atoms with Crippen LogP contribution in [-0.2, 0) is 14.6 Å². The van der Waals surface area contributed by atoms with Crippen LogP contribution >= 0.6 is 11.3 Å². The van der Waals surface area contributed by atoms with Gasteiger partial charge < -0.3 is 16.0 Å². The van der Waals surface area contributed by atoms with E-state index in [1.165, 1.54) is 29.8 Å². The number of nitrogens with one attached hydrogen (secondary N) is 3. The molecule has 0 aliphatic carbocycles. The quantitative estimate of drug-likeness (QED) is 0.287. The molecule has 38 heavy (non-hydrogen) atoms. The highest BCUT2D eigenvalue weighted by atomic mass is 32.2. The first-order valence-electron chi connectivity index (χ1n) is 12.0. The molecule has 0 saturated carbocycles. The van der Waals surface area contributed by atoms with Crippen LogP contribution in [0.3, 0.4) is 0 Å². The number of fused-ring (bicyclic) bond motifs is 2. The van der Waals surface area contributed by atoms with Crippen molar-refractivity contribution in [2.75, 3.05) is 23.4 Å². The molecule has 10 nitrogen and oxygen atoms in total. The number of aromatic nitrogens is 4. The van der Waals surface area contributed by atoms with E-state index in [9.17, 15) is 13.2 Å². The molecule has 3 N–H and O–H groups in total. The van der Waals surface area contributed by atoms with Gasteiger partial charge in [-0.3, -0.25) is 19.7 Å². The van der Waals surface area contributed by atoms with Crippen molar-refractivity contribution in [3.63, 3.8) is 0 Å². The lowest BCUT2D eigenvalue weighted by molar-refractivity contribution is -0.117. The third kappa shape index (κ3) is 4.80. The van der Waals surface area contributed by atoms with Gasteiger partial charge in [-0.2, -0.15) is 0 Å². The van der Waals surface area contributed by atoms with Crippen LogP contribution in [0, 0.1) is 0 Å². The lowest BCUT2D eigenvalue weighted by atomic mass is 10.0. The summed E-state index contributed by atoms with van der Waals surface area (Å²) in [5, 5.41) is 9.89. The molecule has 1 amide bonds. The van der Waals surface area contributed by atoms with Crippen molar-refractivity contribution in [3.8, 4) is 11.1 Å². The highest BCUT2D eigenvalue weighted by molar-refractivity contribution is 7.90. The van der Waals surface area contributed by atoms with Crippen LogP contribution in [0.4, 0.5) is 16.5 Å². The summed E-state index contributed by atoms with van der Waals surface area (Å²) in [6, 6.07) is 10.9. The van der Waals surface area contributed by atoms with Crippen molar-refractivity contribution in [3.05, 3.63) is 61.2 Å². The Morgan fingerprint density at radius 3 is 2.76 bits per heavy atom. The van der Waals surface area contributed by atoms with Crippen molar-refractivity contribution in [2.24, 2.45) is 0 Å². The summed E-state index contributed by atoms with van der Waals surface area (Å²) < 4.78 is 25.5. The summed E-state index contributed by atoms with van der Waals surface area (Å²) in [5.74, 6) is -0.0642. The maximum atomic E-state index is 12.5. The van der Waals surface area contributed by atoms with Gasteiger partial charge >= 0.3 is 0 Å². The van der Waals surface area contributed by atoms with Gasteiger partial charge in [-0.1, -0.05) is 17.4 Å². The first kappa shape index (κ1) is 24.3. The zero-order chi connectivity index (χ0) is 26.3. The maximum absolute atomic E-state index is 12.5. The largest absolute Gasteiger partial charge is 0.353 e. The van der Waals surface area contributed by atoms with E-state index in [2.05, 4.69) is 35.9 Å². The molecular formula is C26H23N7O3S2. The van der Waals surface area contributed by atoms with Crippen LogP contribution < -0.4 is 16.0 Å². The van der Waals surface area contributed by atoms with E-state index < -0.39 is 9.84 Å². The zero-order valence-corrected chi connectivity index (χ0v) is 21.9. The molecule has 0 spiro atoms. The second-order valence-electron chi connectivity index (χ2n) is 9.06. The van der Waals surface area contributed by atoms with Gasteiger partial charge in [0, 0.05) is 36.1 Å². The molecule has 192 valence electrons. The molecule has 1 aliphatic heterocycles. The zero-order valence-electron chi connectivity index (χ0n) is 20.3. The van der Waals surface area contributed by atoms with E-state index in [1.807, 2.05) is 30.3 Å². The minimum Gasteiger partial charge on any atom is -0.353 e. The molecular weight excluding hydrogens is 522 g/mol. The summed E-state index contributed by atoms with van der Waals surface area (Å²) in [6.45, 7) is 0.850. The number of carbonyl (C=O) groups excluding carboxylic acids is 1. The Bertz CT molecular complexity index is 1800. The van der Waals surface area contributed by atoms with E-state index in [0.29, 0.717) is 27.5 Å². The monoisotopic (exact) mass is 545 g/mol. The van der Waals surface area contributed by atoms with Crippen molar-refractivity contribution in [1.82, 2.24) is 25.3 Å². The molecule has 12 heteroatoms. The van der Waals surface area contributed by atoms with Gasteiger partial charge in [0.1, 0.15) is 0 Å². The molecule has 6 rings (SSSR count). The summed E-state index contributed by atoms with van der Waals surface area (Å²) in [4.78, 5) is 30.4.